The predicted octanol–water partition coefficient (Wildman–Crippen LogP) is 6.40. The molecule has 0 aromatic heterocycles. The molecule has 1 atom stereocenters. The lowest BCUT2D eigenvalue weighted by atomic mass is 9.77. The zero-order valence-corrected chi connectivity index (χ0v) is 20.1. The molecule has 2 heterocycles. The van der Waals surface area contributed by atoms with Crippen LogP contribution in [0.4, 0.5) is 17.1 Å². The van der Waals surface area contributed by atoms with Gasteiger partial charge in [-0.25, -0.2) is 4.79 Å². The zero-order valence-electron chi connectivity index (χ0n) is 20.1. The number of hydrogen-bond donors (Lipinski definition) is 0. The summed E-state index contributed by atoms with van der Waals surface area (Å²) in [6.45, 7) is 0.0890. The van der Waals surface area contributed by atoms with E-state index < -0.39 is 5.60 Å². The topological polar surface area (TPSA) is 86.7 Å². The maximum Gasteiger partial charge on any atom is 0.340 e. The fraction of sp³-hybridized carbons (Fsp3) is 0.138. The third-order valence-corrected chi connectivity index (χ3v) is 6.74. The monoisotopic (exact) mass is 494 g/mol. The minimum absolute atomic E-state index is 0.0890. The molecule has 184 valence electrons. The minimum Gasteiger partial charge on any atom is -0.467 e. The summed E-state index contributed by atoms with van der Waals surface area (Å²) in [5, 5.41) is 2.97. The van der Waals surface area contributed by atoms with Gasteiger partial charge in [-0.1, -0.05) is 18.2 Å². The molecule has 0 fully saturated rings. The summed E-state index contributed by atoms with van der Waals surface area (Å²) in [5.74, 6) is 1.25. The Bertz CT molecular complexity index is 1530. The number of carbonyl (C=O) groups excluding carboxylic acids is 1. The molecule has 0 aliphatic carbocycles. The zero-order chi connectivity index (χ0) is 25.6. The van der Waals surface area contributed by atoms with Gasteiger partial charge in [0.1, 0.15) is 22.9 Å². The second-order valence-electron chi connectivity index (χ2n) is 8.77. The molecule has 0 radical (unpaired) electrons. The molecule has 0 saturated heterocycles. The lowest BCUT2D eigenvalue weighted by Gasteiger charge is -2.37. The molecule has 1 spiro atoms. The first-order valence-corrected chi connectivity index (χ1v) is 11.6. The average Bonchev–Trinajstić information content (AvgIpc) is 3.24. The number of nitrogens with zero attached hydrogens (tertiary/aromatic N) is 2. The van der Waals surface area contributed by atoms with Crippen LogP contribution in [0.1, 0.15) is 27.0 Å². The number of rotatable bonds is 6. The third kappa shape index (κ3) is 3.53. The van der Waals surface area contributed by atoms with E-state index in [4.69, 9.17) is 18.9 Å². The normalized spacial score (nSPS) is 16.8. The van der Waals surface area contributed by atoms with E-state index >= 15 is 0 Å². The maximum atomic E-state index is 13.0. The molecule has 4 aromatic carbocycles. The largest absolute Gasteiger partial charge is 0.467 e. The van der Waals surface area contributed by atoms with Gasteiger partial charge in [0.25, 0.3) is 0 Å². The molecule has 0 N–H and O–H groups in total. The van der Waals surface area contributed by atoms with Crippen molar-refractivity contribution in [2.45, 2.75) is 5.60 Å². The van der Waals surface area contributed by atoms with Crippen LogP contribution in [0.2, 0.25) is 0 Å². The van der Waals surface area contributed by atoms with Crippen LogP contribution in [0.15, 0.2) is 90.1 Å². The summed E-state index contributed by atoms with van der Waals surface area (Å²) in [6.07, 6.45) is 0. The highest BCUT2D eigenvalue weighted by molar-refractivity contribution is 5.97. The van der Waals surface area contributed by atoms with Gasteiger partial charge >= 0.3 is 5.97 Å². The molecule has 4 aromatic rings. The first-order chi connectivity index (χ1) is 18.0. The fourth-order valence-corrected chi connectivity index (χ4v) is 4.96. The summed E-state index contributed by atoms with van der Waals surface area (Å²) in [6, 6.07) is 25.6. The van der Waals surface area contributed by atoms with Crippen LogP contribution in [0.5, 0.6) is 17.2 Å². The Kier molecular flexibility index (Phi) is 5.39. The number of ether oxygens (including phenoxy) is 4. The highest BCUT2D eigenvalue weighted by Gasteiger charge is 2.53. The molecule has 1 unspecified atom stereocenters. The fourth-order valence-electron chi connectivity index (χ4n) is 4.96. The Labute approximate surface area is 212 Å². The SMILES string of the molecule is COCOc1ccc2c(c1)Oc1cc(N(C)c3ccc(N=O)cc3)ccc1C21OC(=O)c2ccccc21. The molecular formula is C29H22N2O6. The molecule has 2 aliphatic rings. The molecule has 0 bridgehead atoms. The molecule has 8 heteroatoms. The van der Waals surface area contributed by atoms with Crippen LogP contribution in [-0.4, -0.2) is 26.9 Å². The van der Waals surface area contributed by atoms with Crippen LogP contribution in [0, 0.1) is 4.91 Å². The summed E-state index contributed by atoms with van der Waals surface area (Å²) in [7, 11) is 3.47. The standard InChI is InChI=1S/C29H22N2O6/c1-31(19-9-7-18(30-33)8-10-19)20-11-13-24-26(15-20)36-27-16-21(35-17-34-2)12-14-25(27)29(24)23-6-4-3-5-22(23)28(32)37-29/h3-16H,17H2,1-2H3. The Hall–Kier alpha value is -4.69. The molecule has 37 heavy (non-hydrogen) atoms. The van der Waals surface area contributed by atoms with E-state index in [-0.39, 0.29) is 12.8 Å². The summed E-state index contributed by atoms with van der Waals surface area (Å²) in [5.41, 5.74) is 3.62. The van der Waals surface area contributed by atoms with Gasteiger partial charge in [-0.15, -0.1) is 4.91 Å². The number of fused-ring (bicyclic) bond motifs is 6. The second-order valence-corrected chi connectivity index (χ2v) is 8.77. The average molecular weight is 495 g/mol. The number of benzene rings is 4. The van der Waals surface area contributed by atoms with Crippen molar-refractivity contribution in [3.63, 3.8) is 0 Å². The summed E-state index contributed by atoms with van der Waals surface area (Å²) in [4.78, 5) is 25.8. The van der Waals surface area contributed by atoms with Crippen molar-refractivity contribution in [1.29, 1.82) is 0 Å². The van der Waals surface area contributed by atoms with Gasteiger partial charge in [0.2, 0.25) is 0 Å². The Morgan fingerprint density at radius 1 is 0.865 bits per heavy atom. The van der Waals surface area contributed by atoms with Gasteiger partial charge in [0.15, 0.2) is 12.4 Å². The van der Waals surface area contributed by atoms with Crippen molar-refractivity contribution >= 4 is 23.0 Å². The number of anilines is 2. The summed E-state index contributed by atoms with van der Waals surface area (Å²) >= 11 is 0. The number of methoxy groups -OCH3 is 1. The van der Waals surface area contributed by atoms with Crippen molar-refractivity contribution in [2.24, 2.45) is 5.18 Å². The second kappa shape index (κ2) is 8.76. The molecular weight excluding hydrogens is 472 g/mol. The first kappa shape index (κ1) is 22.8. The molecule has 6 rings (SSSR count). The van der Waals surface area contributed by atoms with Crippen LogP contribution in [0.3, 0.4) is 0 Å². The van der Waals surface area contributed by atoms with Crippen LogP contribution < -0.4 is 14.4 Å². The number of carbonyl (C=O) groups is 1. The lowest BCUT2D eigenvalue weighted by Crippen LogP contribution is -2.33. The van der Waals surface area contributed by atoms with E-state index in [0.29, 0.717) is 34.1 Å². The van der Waals surface area contributed by atoms with E-state index in [0.717, 1.165) is 22.5 Å². The van der Waals surface area contributed by atoms with Crippen molar-refractivity contribution in [2.75, 3.05) is 25.9 Å². The molecule has 8 nitrogen and oxygen atoms in total. The number of nitroso groups, excluding NO2 is 1. The number of hydrogen-bond acceptors (Lipinski definition) is 8. The molecule has 0 saturated carbocycles. The van der Waals surface area contributed by atoms with Gasteiger partial charge in [0, 0.05) is 54.4 Å². The molecule has 0 amide bonds. The van der Waals surface area contributed by atoms with Gasteiger partial charge in [-0.05, 0) is 59.8 Å². The van der Waals surface area contributed by atoms with E-state index in [1.54, 1.807) is 31.4 Å². The van der Waals surface area contributed by atoms with Gasteiger partial charge in [-0.2, -0.15) is 0 Å². The van der Waals surface area contributed by atoms with Crippen LogP contribution in [-0.2, 0) is 15.1 Å². The molecule has 2 aliphatic heterocycles. The smallest absolute Gasteiger partial charge is 0.340 e. The van der Waals surface area contributed by atoms with E-state index in [1.165, 1.54) is 0 Å². The van der Waals surface area contributed by atoms with Gasteiger partial charge < -0.3 is 23.8 Å². The van der Waals surface area contributed by atoms with Crippen molar-refractivity contribution < 1.29 is 23.7 Å². The van der Waals surface area contributed by atoms with Crippen LogP contribution in [0.25, 0.3) is 0 Å². The van der Waals surface area contributed by atoms with E-state index in [2.05, 4.69) is 5.18 Å². The maximum absolute atomic E-state index is 13.0. The Balaban J connectivity index is 1.50. The summed E-state index contributed by atoms with van der Waals surface area (Å²) < 4.78 is 23.3. The lowest BCUT2D eigenvalue weighted by molar-refractivity contribution is 0.0223. The predicted molar refractivity (Wildman–Crippen MR) is 137 cm³/mol. The Morgan fingerprint density at radius 2 is 1.57 bits per heavy atom. The quantitative estimate of drug-likeness (QED) is 0.174. The number of esters is 1. The van der Waals surface area contributed by atoms with Crippen LogP contribution >= 0.6 is 0 Å². The van der Waals surface area contributed by atoms with E-state index in [9.17, 15) is 9.70 Å². The third-order valence-electron chi connectivity index (χ3n) is 6.74. The highest BCUT2D eigenvalue weighted by Crippen LogP contribution is 2.57. The first-order valence-electron chi connectivity index (χ1n) is 11.6. The van der Waals surface area contributed by atoms with Gasteiger partial charge in [-0.3, -0.25) is 0 Å². The van der Waals surface area contributed by atoms with Crippen molar-refractivity contribution in [1.82, 2.24) is 0 Å². The minimum atomic E-state index is -1.16. The Morgan fingerprint density at radius 3 is 2.32 bits per heavy atom. The van der Waals surface area contributed by atoms with Gasteiger partial charge in [0.05, 0.1) is 5.56 Å². The van der Waals surface area contributed by atoms with Crippen molar-refractivity contribution in [3.05, 3.63) is 112 Å². The van der Waals surface area contributed by atoms with Crippen molar-refractivity contribution in [3.8, 4) is 17.2 Å². The van der Waals surface area contributed by atoms with E-state index in [1.807, 2.05) is 72.6 Å². The highest BCUT2D eigenvalue weighted by atomic mass is 16.7.